The Morgan fingerprint density at radius 1 is 1.25 bits per heavy atom. The Labute approximate surface area is 154 Å². The summed E-state index contributed by atoms with van der Waals surface area (Å²) in [6, 6.07) is 14.9. The number of carbonyl (C=O) groups excluding carboxylic acids is 2. The quantitative estimate of drug-likeness (QED) is 0.749. The summed E-state index contributed by atoms with van der Waals surface area (Å²) in [5.74, 6) is 0.222. The lowest BCUT2D eigenvalue weighted by molar-refractivity contribution is -0.122. The maximum Gasteiger partial charge on any atom is 0.229 e. The topological polar surface area (TPSA) is 58.6 Å². The van der Waals surface area contributed by atoms with Gasteiger partial charge in [0.15, 0.2) is 0 Å². The van der Waals surface area contributed by atoms with E-state index in [0.717, 1.165) is 20.7 Å². The van der Waals surface area contributed by atoms with E-state index in [1.807, 2.05) is 48.5 Å². The van der Waals surface area contributed by atoms with Gasteiger partial charge in [0.1, 0.15) is 5.75 Å². The number of carbonyl (C=O) groups is 2. The Balaban J connectivity index is 1.68. The Morgan fingerprint density at radius 2 is 2.00 bits per heavy atom. The molecule has 6 heteroatoms. The zero-order valence-corrected chi connectivity index (χ0v) is 15.3. The lowest BCUT2D eigenvalue weighted by Crippen LogP contribution is -2.28. The second-order valence-corrected chi connectivity index (χ2v) is 6.85. The van der Waals surface area contributed by atoms with E-state index in [1.165, 1.54) is 0 Å². The van der Waals surface area contributed by atoms with E-state index in [4.69, 9.17) is 4.74 Å². The molecule has 0 aliphatic carbocycles. The fourth-order valence-electron chi connectivity index (χ4n) is 2.71. The molecule has 1 atom stereocenters. The zero-order valence-electron chi connectivity index (χ0n) is 13.2. The molecule has 124 valence electrons. The molecule has 5 nitrogen and oxygen atoms in total. The zero-order chi connectivity index (χ0) is 17.1. The lowest BCUT2D eigenvalue weighted by Gasteiger charge is -2.17. The molecular weight excluding hydrogens is 419 g/mol. The minimum Gasteiger partial charge on any atom is -0.497 e. The van der Waals surface area contributed by atoms with Gasteiger partial charge in [0.2, 0.25) is 11.8 Å². The van der Waals surface area contributed by atoms with Crippen molar-refractivity contribution >= 4 is 45.8 Å². The van der Waals surface area contributed by atoms with Crippen LogP contribution in [0.1, 0.15) is 6.42 Å². The second-order valence-electron chi connectivity index (χ2n) is 5.60. The number of rotatable bonds is 4. The molecule has 2 amide bonds. The average molecular weight is 436 g/mol. The van der Waals surface area contributed by atoms with Crippen LogP contribution in [0.2, 0.25) is 0 Å². The van der Waals surface area contributed by atoms with Gasteiger partial charge in [-0.05, 0) is 65.1 Å². The summed E-state index contributed by atoms with van der Waals surface area (Å²) in [4.78, 5) is 26.4. The largest absolute Gasteiger partial charge is 0.497 e. The molecule has 0 saturated carbocycles. The van der Waals surface area contributed by atoms with Crippen LogP contribution in [0, 0.1) is 9.49 Å². The first kappa shape index (κ1) is 16.8. The second kappa shape index (κ2) is 7.21. The van der Waals surface area contributed by atoms with Crippen LogP contribution in [0.5, 0.6) is 5.75 Å². The van der Waals surface area contributed by atoms with Gasteiger partial charge < -0.3 is 15.0 Å². The molecule has 1 N–H and O–H groups in total. The van der Waals surface area contributed by atoms with Crippen LogP contribution in [0.15, 0.2) is 48.5 Å². The molecule has 0 radical (unpaired) electrons. The van der Waals surface area contributed by atoms with Crippen LogP contribution in [-0.4, -0.2) is 25.5 Å². The number of anilines is 2. The van der Waals surface area contributed by atoms with Crippen LogP contribution < -0.4 is 15.0 Å². The molecule has 1 fully saturated rings. The first-order valence-electron chi connectivity index (χ1n) is 7.57. The minimum absolute atomic E-state index is 0.0389. The van der Waals surface area contributed by atoms with Crippen molar-refractivity contribution in [2.24, 2.45) is 5.92 Å². The van der Waals surface area contributed by atoms with E-state index >= 15 is 0 Å². The third-order valence-electron chi connectivity index (χ3n) is 3.97. The molecule has 3 rings (SSSR count). The van der Waals surface area contributed by atoms with Crippen molar-refractivity contribution in [2.75, 3.05) is 23.9 Å². The number of hydrogen-bond acceptors (Lipinski definition) is 3. The number of nitrogens with zero attached hydrogens (tertiary/aromatic N) is 1. The molecule has 1 aliphatic heterocycles. The first-order chi connectivity index (χ1) is 11.6. The number of amides is 2. The van der Waals surface area contributed by atoms with Gasteiger partial charge in [-0.1, -0.05) is 6.07 Å². The van der Waals surface area contributed by atoms with Crippen molar-refractivity contribution in [2.45, 2.75) is 6.42 Å². The van der Waals surface area contributed by atoms with Crippen molar-refractivity contribution in [3.63, 3.8) is 0 Å². The Bertz CT molecular complexity index is 761. The Kier molecular flexibility index (Phi) is 5.03. The molecule has 1 heterocycles. The number of benzene rings is 2. The number of methoxy groups -OCH3 is 1. The van der Waals surface area contributed by atoms with Gasteiger partial charge in [0, 0.05) is 27.9 Å². The highest BCUT2D eigenvalue weighted by molar-refractivity contribution is 14.1. The smallest absolute Gasteiger partial charge is 0.229 e. The SMILES string of the molecule is COc1ccc(N2CC(C(=O)Nc3cccc(I)c3)CC2=O)cc1. The van der Waals surface area contributed by atoms with Gasteiger partial charge >= 0.3 is 0 Å². The molecule has 0 bridgehead atoms. The van der Waals surface area contributed by atoms with Gasteiger partial charge in [-0.25, -0.2) is 0 Å². The molecule has 1 aliphatic rings. The minimum atomic E-state index is -0.350. The molecule has 2 aromatic carbocycles. The predicted molar refractivity (Wildman–Crippen MR) is 101 cm³/mol. The van der Waals surface area contributed by atoms with Crippen LogP contribution >= 0.6 is 22.6 Å². The maximum atomic E-state index is 12.4. The third-order valence-corrected chi connectivity index (χ3v) is 4.64. The molecule has 1 saturated heterocycles. The van der Waals surface area contributed by atoms with E-state index in [2.05, 4.69) is 27.9 Å². The van der Waals surface area contributed by atoms with Gasteiger partial charge in [-0.2, -0.15) is 0 Å². The molecule has 24 heavy (non-hydrogen) atoms. The summed E-state index contributed by atoms with van der Waals surface area (Å²) in [6.45, 7) is 0.390. The van der Waals surface area contributed by atoms with Crippen molar-refractivity contribution in [1.29, 1.82) is 0 Å². The highest BCUT2D eigenvalue weighted by Gasteiger charge is 2.35. The average Bonchev–Trinajstić information content (AvgIpc) is 2.97. The lowest BCUT2D eigenvalue weighted by atomic mass is 10.1. The number of ether oxygens (including phenoxy) is 1. The molecular formula is C18H17IN2O3. The molecule has 1 unspecified atom stereocenters. The standard InChI is InChI=1S/C18H17IN2O3/c1-24-16-7-5-15(6-8-16)21-11-12(9-17(21)22)18(23)20-14-4-2-3-13(19)10-14/h2-8,10,12H,9,11H2,1H3,(H,20,23). The van der Waals surface area contributed by atoms with E-state index in [1.54, 1.807) is 12.0 Å². The van der Waals surface area contributed by atoms with Crippen molar-refractivity contribution < 1.29 is 14.3 Å². The highest BCUT2D eigenvalue weighted by atomic mass is 127. The van der Waals surface area contributed by atoms with Crippen LogP contribution in [0.25, 0.3) is 0 Å². The van der Waals surface area contributed by atoms with E-state index in [-0.39, 0.29) is 24.2 Å². The van der Waals surface area contributed by atoms with Crippen molar-refractivity contribution in [3.05, 3.63) is 52.1 Å². The Hall–Kier alpha value is -2.09. The number of nitrogens with one attached hydrogen (secondary N) is 1. The van der Waals surface area contributed by atoms with Gasteiger partial charge in [0.05, 0.1) is 13.0 Å². The normalized spacial score (nSPS) is 17.0. The number of halogens is 1. The Morgan fingerprint density at radius 3 is 2.67 bits per heavy atom. The van der Waals surface area contributed by atoms with Crippen molar-refractivity contribution in [3.8, 4) is 5.75 Å². The van der Waals surface area contributed by atoms with E-state index < -0.39 is 0 Å². The summed E-state index contributed by atoms with van der Waals surface area (Å²) in [5, 5.41) is 2.89. The van der Waals surface area contributed by atoms with Crippen molar-refractivity contribution in [1.82, 2.24) is 0 Å². The van der Waals surface area contributed by atoms with Gasteiger partial charge in [-0.15, -0.1) is 0 Å². The fourth-order valence-corrected chi connectivity index (χ4v) is 3.25. The summed E-state index contributed by atoms with van der Waals surface area (Å²) < 4.78 is 6.17. The summed E-state index contributed by atoms with van der Waals surface area (Å²) in [5.41, 5.74) is 1.53. The monoisotopic (exact) mass is 436 g/mol. The first-order valence-corrected chi connectivity index (χ1v) is 8.65. The number of hydrogen-bond donors (Lipinski definition) is 1. The predicted octanol–water partition coefficient (Wildman–Crippen LogP) is 3.29. The summed E-state index contributed by atoms with van der Waals surface area (Å²) in [7, 11) is 1.60. The van der Waals surface area contributed by atoms with E-state index in [0.29, 0.717) is 6.54 Å². The van der Waals surface area contributed by atoms with Crippen LogP contribution in [-0.2, 0) is 9.59 Å². The molecule has 2 aromatic rings. The van der Waals surface area contributed by atoms with Crippen LogP contribution in [0.3, 0.4) is 0 Å². The summed E-state index contributed by atoms with van der Waals surface area (Å²) >= 11 is 2.20. The molecule has 0 spiro atoms. The van der Waals surface area contributed by atoms with Gasteiger partial charge in [-0.3, -0.25) is 9.59 Å². The van der Waals surface area contributed by atoms with Crippen LogP contribution in [0.4, 0.5) is 11.4 Å². The fraction of sp³-hybridized carbons (Fsp3) is 0.222. The van der Waals surface area contributed by atoms with Gasteiger partial charge in [0.25, 0.3) is 0 Å². The maximum absolute atomic E-state index is 12.4. The van der Waals surface area contributed by atoms with E-state index in [9.17, 15) is 9.59 Å². The highest BCUT2D eigenvalue weighted by Crippen LogP contribution is 2.27. The third kappa shape index (κ3) is 3.69. The molecule has 0 aromatic heterocycles. The summed E-state index contributed by atoms with van der Waals surface area (Å²) in [6.07, 6.45) is 0.224.